The predicted molar refractivity (Wildman–Crippen MR) is 91.5 cm³/mol. The zero-order chi connectivity index (χ0) is 16.7. The molecule has 0 spiro atoms. The molecule has 0 aromatic carbocycles. The Morgan fingerprint density at radius 2 is 2.30 bits per heavy atom. The number of carbonyl (C=O) groups is 1. The van der Waals surface area contributed by atoms with Gasteiger partial charge in [-0.15, -0.1) is 0 Å². The first-order valence-corrected chi connectivity index (χ1v) is 8.40. The molecule has 1 fully saturated rings. The van der Waals surface area contributed by atoms with Gasteiger partial charge in [0.2, 0.25) is 0 Å². The molecule has 0 bridgehead atoms. The lowest BCUT2D eigenvalue weighted by atomic mass is 10.1. The summed E-state index contributed by atoms with van der Waals surface area (Å²) in [6.07, 6.45) is 2.71. The maximum Gasteiger partial charge on any atom is 0.252 e. The summed E-state index contributed by atoms with van der Waals surface area (Å²) in [6.45, 7) is 9.04. The number of carbonyl (C=O) groups excluding carboxylic acids is 1. The fraction of sp³-hybridized carbons (Fsp3) is 0.647. The highest BCUT2D eigenvalue weighted by molar-refractivity contribution is 5.94. The normalized spacial score (nSPS) is 18.3. The van der Waals surface area contributed by atoms with E-state index in [9.17, 15) is 4.79 Å². The number of rotatable bonds is 8. The van der Waals surface area contributed by atoms with Crippen LogP contribution in [0.5, 0.6) is 0 Å². The van der Waals surface area contributed by atoms with Crippen LogP contribution < -0.4 is 10.6 Å². The number of aliphatic hydroxyl groups excluding tert-OH is 1. The van der Waals surface area contributed by atoms with Gasteiger partial charge in [0.05, 0.1) is 12.2 Å². The second kappa shape index (κ2) is 8.84. The van der Waals surface area contributed by atoms with E-state index in [1.165, 1.54) is 0 Å². The largest absolute Gasteiger partial charge is 0.395 e. The summed E-state index contributed by atoms with van der Waals surface area (Å²) < 4.78 is 0. The Balaban J connectivity index is 1.74. The van der Waals surface area contributed by atoms with Crippen LogP contribution in [0.15, 0.2) is 18.3 Å². The van der Waals surface area contributed by atoms with Crippen molar-refractivity contribution in [1.82, 2.24) is 15.2 Å². The van der Waals surface area contributed by atoms with E-state index in [2.05, 4.69) is 34.4 Å². The van der Waals surface area contributed by atoms with E-state index in [0.29, 0.717) is 29.8 Å². The van der Waals surface area contributed by atoms with Gasteiger partial charge in [0, 0.05) is 32.4 Å². The molecule has 1 unspecified atom stereocenters. The number of nitrogens with zero attached hydrogens (tertiary/aromatic N) is 2. The Kier molecular flexibility index (Phi) is 6.80. The van der Waals surface area contributed by atoms with Gasteiger partial charge in [-0.3, -0.25) is 4.79 Å². The summed E-state index contributed by atoms with van der Waals surface area (Å²) in [4.78, 5) is 18.8. The fourth-order valence-corrected chi connectivity index (χ4v) is 2.92. The lowest BCUT2D eigenvalue weighted by molar-refractivity contribution is 0.0947. The van der Waals surface area contributed by atoms with Crippen molar-refractivity contribution in [2.45, 2.75) is 20.3 Å². The molecular weight excluding hydrogens is 292 g/mol. The monoisotopic (exact) mass is 320 g/mol. The SMILES string of the molecule is CC(C)CN1CCC(CNC(=O)c2ccc(NCCO)nc2)C1. The third kappa shape index (κ3) is 5.80. The van der Waals surface area contributed by atoms with Gasteiger partial charge >= 0.3 is 0 Å². The average Bonchev–Trinajstić information content (AvgIpc) is 2.97. The molecule has 0 radical (unpaired) electrons. The lowest BCUT2D eigenvalue weighted by Gasteiger charge is -2.18. The van der Waals surface area contributed by atoms with E-state index in [-0.39, 0.29) is 12.5 Å². The molecule has 2 rings (SSSR count). The van der Waals surface area contributed by atoms with Crippen LogP contribution in [0.1, 0.15) is 30.6 Å². The third-order valence-corrected chi connectivity index (χ3v) is 3.99. The predicted octanol–water partition coefficient (Wildman–Crippen LogP) is 1.19. The molecule has 1 atom stereocenters. The molecule has 6 nitrogen and oxygen atoms in total. The first kappa shape index (κ1) is 17.7. The zero-order valence-electron chi connectivity index (χ0n) is 14.1. The van der Waals surface area contributed by atoms with Crippen molar-refractivity contribution in [2.24, 2.45) is 11.8 Å². The highest BCUT2D eigenvalue weighted by atomic mass is 16.3. The number of nitrogens with one attached hydrogen (secondary N) is 2. The van der Waals surface area contributed by atoms with Crippen molar-refractivity contribution in [3.8, 4) is 0 Å². The maximum absolute atomic E-state index is 12.2. The summed E-state index contributed by atoms with van der Waals surface area (Å²) in [5, 5.41) is 14.7. The minimum atomic E-state index is -0.0754. The van der Waals surface area contributed by atoms with E-state index in [1.807, 2.05) is 0 Å². The Morgan fingerprint density at radius 3 is 2.96 bits per heavy atom. The van der Waals surface area contributed by atoms with Gasteiger partial charge in [-0.05, 0) is 36.9 Å². The van der Waals surface area contributed by atoms with Gasteiger partial charge in [-0.25, -0.2) is 4.98 Å². The van der Waals surface area contributed by atoms with Gasteiger partial charge in [0.15, 0.2) is 0 Å². The summed E-state index contributed by atoms with van der Waals surface area (Å²) in [5.41, 5.74) is 0.566. The summed E-state index contributed by atoms with van der Waals surface area (Å²) >= 11 is 0. The Labute approximate surface area is 138 Å². The van der Waals surface area contributed by atoms with E-state index in [1.54, 1.807) is 18.3 Å². The van der Waals surface area contributed by atoms with E-state index < -0.39 is 0 Å². The molecule has 2 heterocycles. The van der Waals surface area contributed by atoms with Crippen LogP contribution in [0.4, 0.5) is 5.82 Å². The third-order valence-electron chi connectivity index (χ3n) is 3.99. The fourth-order valence-electron chi connectivity index (χ4n) is 2.92. The van der Waals surface area contributed by atoms with E-state index >= 15 is 0 Å². The topological polar surface area (TPSA) is 77.5 Å². The lowest BCUT2D eigenvalue weighted by Crippen LogP contribution is -2.32. The van der Waals surface area contributed by atoms with Crippen LogP contribution >= 0.6 is 0 Å². The van der Waals surface area contributed by atoms with Gasteiger partial charge in [0.25, 0.3) is 5.91 Å². The summed E-state index contributed by atoms with van der Waals surface area (Å²) in [5.74, 6) is 1.81. The maximum atomic E-state index is 12.2. The Morgan fingerprint density at radius 1 is 1.48 bits per heavy atom. The molecule has 3 N–H and O–H groups in total. The highest BCUT2D eigenvalue weighted by Crippen LogP contribution is 2.16. The van der Waals surface area contributed by atoms with Gasteiger partial charge in [-0.2, -0.15) is 0 Å². The number of amides is 1. The molecular formula is C17H28N4O2. The van der Waals surface area contributed by atoms with Crippen LogP contribution in [-0.4, -0.2) is 60.2 Å². The molecule has 23 heavy (non-hydrogen) atoms. The molecule has 0 aliphatic carbocycles. The summed E-state index contributed by atoms with van der Waals surface area (Å²) in [7, 11) is 0. The number of aliphatic hydroxyl groups is 1. The first-order chi connectivity index (χ1) is 11.1. The Hall–Kier alpha value is -1.66. The van der Waals surface area contributed by atoms with Gasteiger partial charge in [-0.1, -0.05) is 13.8 Å². The van der Waals surface area contributed by atoms with Crippen LogP contribution in [0, 0.1) is 11.8 Å². The van der Waals surface area contributed by atoms with Gasteiger partial charge < -0.3 is 20.6 Å². The van der Waals surface area contributed by atoms with Crippen molar-refractivity contribution in [3.05, 3.63) is 23.9 Å². The number of aromatic nitrogens is 1. The summed E-state index contributed by atoms with van der Waals surface area (Å²) in [6, 6.07) is 3.51. The number of likely N-dealkylation sites (tertiary alicyclic amines) is 1. The van der Waals surface area contributed by atoms with Crippen LogP contribution in [0.3, 0.4) is 0 Å². The Bertz CT molecular complexity index is 490. The van der Waals surface area contributed by atoms with Crippen LogP contribution in [0.25, 0.3) is 0 Å². The molecule has 6 heteroatoms. The molecule has 1 aromatic heterocycles. The number of pyridine rings is 1. The molecule has 1 aliphatic rings. The average molecular weight is 320 g/mol. The van der Waals surface area contributed by atoms with Crippen molar-refractivity contribution >= 4 is 11.7 Å². The second-order valence-corrected chi connectivity index (χ2v) is 6.60. The second-order valence-electron chi connectivity index (χ2n) is 6.60. The minimum Gasteiger partial charge on any atom is -0.395 e. The minimum absolute atomic E-state index is 0.0547. The molecule has 128 valence electrons. The van der Waals surface area contributed by atoms with Crippen LogP contribution in [-0.2, 0) is 0 Å². The van der Waals surface area contributed by atoms with E-state index in [4.69, 9.17) is 5.11 Å². The smallest absolute Gasteiger partial charge is 0.252 e. The van der Waals surface area contributed by atoms with Crippen molar-refractivity contribution in [1.29, 1.82) is 0 Å². The molecule has 1 saturated heterocycles. The number of hydrogen-bond acceptors (Lipinski definition) is 5. The van der Waals surface area contributed by atoms with E-state index in [0.717, 1.165) is 32.6 Å². The first-order valence-electron chi connectivity index (χ1n) is 8.40. The molecule has 1 amide bonds. The molecule has 1 aromatic rings. The van der Waals surface area contributed by atoms with Crippen LogP contribution in [0.2, 0.25) is 0 Å². The zero-order valence-corrected chi connectivity index (χ0v) is 14.1. The quantitative estimate of drug-likeness (QED) is 0.671. The molecule has 1 aliphatic heterocycles. The highest BCUT2D eigenvalue weighted by Gasteiger charge is 2.23. The van der Waals surface area contributed by atoms with Gasteiger partial charge in [0.1, 0.15) is 5.82 Å². The van der Waals surface area contributed by atoms with Crippen molar-refractivity contribution < 1.29 is 9.90 Å². The standard InChI is InChI=1S/C17H28N4O2/c1-13(2)11-21-7-5-14(12-21)9-20-17(23)15-3-4-16(19-10-15)18-6-8-22/h3-4,10,13-14,22H,5-9,11-12H2,1-2H3,(H,18,19)(H,20,23). The number of hydrogen-bond donors (Lipinski definition) is 3. The van der Waals surface area contributed by atoms with Crippen molar-refractivity contribution in [3.63, 3.8) is 0 Å². The molecule has 0 saturated carbocycles. The number of anilines is 1. The van der Waals surface area contributed by atoms with Crippen molar-refractivity contribution in [2.75, 3.05) is 44.6 Å².